The first-order chi connectivity index (χ1) is 33.9. The third kappa shape index (κ3) is 4.55. The molecular weight excluding hydrogens is 659 g/mol. The maximum Gasteiger partial charge on any atom is 0.179 e. The van der Waals surface area contributed by atoms with Crippen molar-refractivity contribution >= 4 is 62.0 Å². The van der Waals surface area contributed by atoms with Gasteiger partial charge in [-0.2, -0.15) is 0 Å². The van der Waals surface area contributed by atoms with Crippen molar-refractivity contribution in [3.63, 3.8) is 0 Å². The summed E-state index contributed by atoms with van der Waals surface area (Å²) in [6.45, 7) is 4.53. The summed E-state index contributed by atoms with van der Waals surface area (Å²) >= 11 is 0. The van der Waals surface area contributed by atoms with Crippen molar-refractivity contribution in [3.8, 4) is 5.69 Å². The van der Waals surface area contributed by atoms with Gasteiger partial charge in [0.05, 0.1) is 42.6 Å². The first-order valence-electron chi connectivity index (χ1n) is 27.0. The van der Waals surface area contributed by atoms with E-state index in [9.17, 15) is 13.7 Å². The third-order valence-corrected chi connectivity index (χ3v) is 15.7. The second kappa shape index (κ2) is 12.2. The smallest absolute Gasteiger partial charge is 0.179 e. The average Bonchev–Trinajstić information content (AvgIpc) is 3.79. The SMILES string of the molecule is [2H]c1c([2H])c([2H])c([Si](c2c([2H])c([2H])c([2H])c([2H])c2[2H])(c2c([2H])c([2H])c([2H])c([2H])c2[2H])c2c([2H])c([2H])c([2H])c(-n3c4ccccc4c4cc(N5c6ccncc6C6(C)CCCCC56C)ccc43)c2[2H])c([2H])c1[2H]. The Bertz CT molecular complexity index is 3470. The standard InChI is InChI=1S/C49H43N3Si/c1-48-30-14-15-31-49(48,2)52(47-29-32-50-35-44(47)48)37-27-28-46-43(34-37)42-25-12-13-26-45(42)51(46)36-17-16-24-41(33-36)53(38-18-6-3-7-19-38,39-20-8-4-9-21-39)40-22-10-5-11-23-40/h3-13,16-29,32-35H,14-15,30-31H2,1-2H3/i3D,4D,5D,6D,7D,8D,9D,10D,11D,16D,17D,18D,19D,20D,21D,22D,23D,24D,33D. The van der Waals surface area contributed by atoms with Gasteiger partial charge in [-0.15, -0.1) is 0 Å². The Morgan fingerprint density at radius 3 is 1.94 bits per heavy atom. The predicted octanol–water partition coefficient (Wildman–Crippen LogP) is 9.30. The first kappa shape index (κ1) is 17.9. The van der Waals surface area contributed by atoms with Gasteiger partial charge in [0.15, 0.2) is 8.07 Å². The molecular formula is C49H43N3Si. The molecule has 1 saturated carbocycles. The van der Waals surface area contributed by atoms with Crippen molar-refractivity contribution in [2.24, 2.45) is 0 Å². The molecule has 0 radical (unpaired) electrons. The molecule has 1 aliphatic carbocycles. The van der Waals surface area contributed by atoms with Gasteiger partial charge in [0, 0.05) is 51.2 Å². The number of fused-ring (bicyclic) bond motifs is 6. The van der Waals surface area contributed by atoms with E-state index in [-0.39, 0.29) is 11.0 Å². The highest BCUT2D eigenvalue weighted by atomic mass is 28.3. The Morgan fingerprint density at radius 1 is 0.623 bits per heavy atom. The van der Waals surface area contributed by atoms with E-state index in [4.69, 9.17) is 12.3 Å². The minimum atomic E-state index is -6.04. The summed E-state index contributed by atoms with van der Waals surface area (Å²) in [6, 6.07) is -3.97. The second-order valence-electron chi connectivity index (χ2n) is 14.1. The Balaban J connectivity index is 1.41. The maximum absolute atomic E-state index is 10.5. The molecule has 0 N–H and O–H groups in total. The molecule has 0 spiro atoms. The minimum Gasteiger partial charge on any atom is -0.334 e. The van der Waals surface area contributed by atoms with Crippen LogP contribution in [0.3, 0.4) is 0 Å². The van der Waals surface area contributed by atoms with Crippen molar-refractivity contribution < 1.29 is 26.0 Å². The molecule has 2 aromatic heterocycles. The van der Waals surface area contributed by atoms with Gasteiger partial charge < -0.3 is 9.47 Å². The lowest BCUT2D eigenvalue weighted by atomic mass is 9.62. The largest absolute Gasteiger partial charge is 0.334 e. The zero-order chi connectivity index (χ0) is 52.2. The van der Waals surface area contributed by atoms with Gasteiger partial charge in [0.1, 0.15) is 0 Å². The van der Waals surface area contributed by atoms with E-state index < -0.39 is 149 Å². The quantitative estimate of drug-likeness (QED) is 0.126. The summed E-state index contributed by atoms with van der Waals surface area (Å²) in [5.74, 6) is 0. The van der Waals surface area contributed by atoms with E-state index in [1.165, 1.54) is 4.57 Å². The summed E-state index contributed by atoms with van der Waals surface area (Å²) in [5.41, 5.74) is 2.75. The summed E-state index contributed by atoms with van der Waals surface area (Å²) in [6.07, 6.45) is 7.59. The van der Waals surface area contributed by atoms with Gasteiger partial charge in [0.25, 0.3) is 0 Å². The van der Waals surface area contributed by atoms with Crippen LogP contribution >= 0.6 is 0 Å². The average molecular weight is 721 g/mol. The molecule has 4 heteroatoms. The van der Waals surface area contributed by atoms with Crippen LogP contribution in [-0.2, 0) is 5.41 Å². The molecule has 1 fully saturated rings. The molecule has 1 aliphatic heterocycles. The summed E-state index contributed by atoms with van der Waals surface area (Å²) < 4.78 is 177. The van der Waals surface area contributed by atoms with Gasteiger partial charge in [-0.25, -0.2) is 0 Å². The first-order valence-corrected chi connectivity index (χ1v) is 19.5. The van der Waals surface area contributed by atoms with Gasteiger partial charge in [-0.3, -0.25) is 4.98 Å². The summed E-state index contributed by atoms with van der Waals surface area (Å²) in [4.78, 5) is 6.87. The molecule has 0 saturated heterocycles. The van der Waals surface area contributed by atoms with Crippen LogP contribution in [0.5, 0.6) is 0 Å². The van der Waals surface area contributed by atoms with Crippen molar-refractivity contribution in [2.45, 2.75) is 50.5 Å². The molecule has 53 heavy (non-hydrogen) atoms. The topological polar surface area (TPSA) is 21.1 Å². The minimum absolute atomic E-state index is 0.242. The Hall–Kier alpha value is -5.71. The molecule has 8 aromatic rings. The number of benzene rings is 6. The lowest BCUT2D eigenvalue weighted by Crippen LogP contribution is -2.74. The number of aromatic nitrogens is 2. The van der Waals surface area contributed by atoms with Gasteiger partial charge in [-0.05, 0) is 82.9 Å². The number of pyridine rings is 1. The molecule has 2 atom stereocenters. The van der Waals surface area contributed by atoms with Crippen LogP contribution in [0.4, 0.5) is 11.4 Å². The number of nitrogens with zero attached hydrogens (tertiary/aromatic N) is 3. The fraction of sp³-hybridized carbons (Fsp3) is 0.163. The zero-order valence-electron chi connectivity index (χ0n) is 47.9. The molecule has 3 heterocycles. The van der Waals surface area contributed by atoms with E-state index in [1.54, 1.807) is 30.5 Å². The number of hydrogen-bond acceptors (Lipinski definition) is 2. The van der Waals surface area contributed by atoms with E-state index >= 15 is 0 Å². The van der Waals surface area contributed by atoms with Crippen LogP contribution in [-0.4, -0.2) is 23.2 Å². The molecule has 0 bridgehead atoms. The second-order valence-corrected chi connectivity index (χ2v) is 17.6. The highest BCUT2D eigenvalue weighted by Gasteiger charge is 2.57. The number of para-hydroxylation sites is 1. The lowest BCUT2D eigenvalue weighted by molar-refractivity contribution is 0.194. The molecule has 2 aliphatic rings. The zero-order valence-corrected chi connectivity index (χ0v) is 29.9. The van der Waals surface area contributed by atoms with Gasteiger partial charge >= 0.3 is 0 Å². The monoisotopic (exact) mass is 720 g/mol. The van der Waals surface area contributed by atoms with Crippen molar-refractivity contribution in [1.29, 1.82) is 0 Å². The molecule has 0 amide bonds. The van der Waals surface area contributed by atoms with Crippen LogP contribution in [0, 0.1) is 0 Å². The lowest BCUT2D eigenvalue weighted by Gasteiger charge is -2.50. The van der Waals surface area contributed by atoms with Crippen LogP contribution in [0.2, 0.25) is 0 Å². The third-order valence-electron chi connectivity index (χ3n) is 11.7. The normalized spacial score (nSPS) is 24.7. The fourth-order valence-corrected chi connectivity index (χ4v) is 12.6. The summed E-state index contributed by atoms with van der Waals surface area (Å²) in [7, 11) is -6.04. The number of anilines is 2. The number of rotatable bonds is 6. The van der Waals surface area contributed by atoms with E-state index in [0.717, 1.165) is 42.6 Å². The van der Waals surface area contributed by atoms with Crippen LogP contribution in [0.15, 0.2) is 176 Å². The highest BCUT2D eigenvalue weighted by Crippen LogP contribution is 2.60. The summed E-state index contributed by atoms with van der Waals surface area (Å²) in [5, 5.41) is -2.24. The molecule has 3 nitrogen and oxygen atoms in total. The van der Waals surface area contributed by atoms with E-state index in [1.807, 2.05) is 30.5 Å². The van der Waals surface area contributed by atoms with Crippen molar-refractivity contribution in [1.82, 2.24) is 9.55 Å². The highest BCUT2D eigenvalue weighted by molar-refractivity contribution is 7.19. The maximum atomic E-state index is 10.5. The number of hydrogen-bond donors (Lipinski definition) is 0. The predicted molar refractivity (Wildman–Crippen MR) is 225 cm³/mol. The van der Waals surface area contributed by atoms with Crippen LogP contribution in [0.1, 0.15) is 71.1 Å². The Kier molecular flexibility index (Phi) is 4.11. The Morgan fingerprint density at radius 2 is 1.25 bits per heavy atom. The van der Waals surface area contributed by atoms with Crippen molar-refractivity contribution in [2.75, 3.05) is 4.90 Å². The molecule has 258 valence electrons. The van der Waals surface area contributed by atoms with Crippen LogP contribution in [0.25, 0.3) is 27.5 Å². The molecule has 2 unspecified atom stereocenters. The van der Waals surface area contributed by atoms with Crippen LogP contribution < -0.4 is 25.6 Å². The van der Waals surface area contributed by atoms with E-state index in [0.29, 0.717) is 21.8 Å². The molecule has 10 rings (SSSR count). The van der Waals surface area contributed by atoms with Gasteiger partial charge in [-0.1, -0.05) is 141 Å². The van der Waals surface area contributed by atoms with Gasteiger partial charge in [0.2, 0.25) is 0 Å². The fourth-order valence-electron chi connectivity index (χ4n) is 9.01. The van der Waals surface area contributed by atoms with E-state index in [2.05, 4.69) is 23.7 Å². The molecule has 6 aromatic carbocycles. The van der Waals surface area contributed by atoms with Crippen molar-refractivity contribution in [3.05, 3.63) is 181 Å². The Labute approximate surface area is 339 Å².